The highest BCUT2D eigenvalue weighted by Gasteiger charge is 2.43. The lowest BCUT2D eigenvalue weighted by Gasteiger charge is -2.36. The third kappa shape index (κ3) is 4.75. The van der Waals surface area contributed by atoms with Crippen LogP contribution in [0.15, 0.2) is 24.3 Å². The fourth-order valence-corrected chi connectivity index (χ4v) is 5.30. The normalized spacial score (nSPS) is 25.4. The number of hydrogen-bond donors (Lipinski definition) is 0. The molecule has 0 radical (unpaired) electrons. The van der Waals surface area contributed by atoms with Crippen LogP contribution in [0.2, 0.25) is 0 Å². The van der Waals surface area contributed by atoms with Crippen molar-refractivity contribution in [1.29, 1.82) is 0 Å². The highest BCUT2D eigenvalue weighted by molar-refractivity contribution is 6.22. The van der Waals surface area contributed by atoms with Gasteiger partial charge < -0.3 is 4.90 Å². The van der Waals surface area contributed by atoms with Gasteiger partial charge in [-0.1, -0.05) is 13.3 Å². The monoisotopic (exact) mass is 415 g/mol. The van der Waals surface area contributed by atoms with Crippen molar-refractivity contribution in [2.75, 3.05) is 37.6 Å². The van der Waals surface area contributed by atoms with E-state index in [0.29, 0.717) is 11.6 Å². The number of rotatable bonds is 6. The second kappa shape index (κ2) is 9.56. The number of piperidine rings is 2. The minimum Gasteiger partial charge on any atom is -0.303 e. The molecule has 0 N–H and O–H groups in total. The van der Waals surface area contributed by atoms with Gasteiger partial charge in [0.25, 0.3) is 5.91 Å². The van der Waals surface area contributed by atoms with Gasteiger partial charge in [-0.15, -0.1) is 0 Å². The SMILES string of the molecule is CCC1CCN(CCC2CCN([C@H]3CC(=O)N(c4ccc(F)cc4)C3=O)CC2)CC1. The van der Waals surface area contributed by atoms with Gasteiger partial charge in [-0.2, -0.15) is 0 Å². The third-order valence-corrected chi connectivity index (χ3v) is 7.44. The molecule has 3 heterocycles. The highest BCUT2D eigenvalue weighted by atomic mass is 19.1. The fourth-order valence-electron chi connectivity index (χ4n) is 5.30. The van der Waals surface area contributed by atoms with Gasteiger partial charge >= 0.3 is 0 Å². The first-order chi connectivity index (χ1) is 14.5. The second-order valence-electron chi connectivity index (χ2n) is 9.23. The van der Waals surface area contributed by atoms with Gasteiger partial charge in [-0.05, 0) is 101 Å². The van der Waals surface area contributed by atoms with Gasteiger partial charge in [0, 0.05) is 0 Å². The Morgan fingerprint density at radius 3 is 2.20 bits per heavy atom. The Morgan fingerprint density at radius 2 is 1.57 bits per heavy atom. The van der Waals surface area contributed by atoms with E-state index in [0.717, 1.165) is 31.8 Å². The molecular formula is C24H34FN3O2. The zero-order valence-corrected chi connectivity index (χ0v) is 18.1. The van der Waals surface area contributed by atoms with Crippen LogP contribution in [-0.2, 0) is 9.59 Å². The zero-order chi connectivity index (χ0) is 21.1. The van der Waals surface area contributed by atoms with Crippen LogP contribution in [0, 0.1) is 17.7 Å². The minimum atomic E-state index is -0.369. The van der Waals surface area contributed by atoms with Gasteiger partial charge in [0.15, 0.2) is 0 Å². The van der Waals surface area contributed by atoms with E-state index in [1.165, 1.54) is 74.5 Å². The number of carbonyl (C=O) groups excluding carboxylic acids is 2. The fraction of sp³-hybridized carbons (Fsp3) is 0.667. The first-order valence-corrected chi connectivity index (χ1v) is 11.6. The van der Waals surface area contributed by atoms with Gasteiger partial charge in [-0.25, -0.2) is 9.29 Å². The number of imide groups is 1. The minimum absolute atomic E-state index is 0.163. The Labute approximate surface area is 179 Å². The molecule has 0 unspecified atom stereocenters. The lowest BCUT2D eigenvalue weighted by Crippen LogP contribution is -2.46. The molecule has 2 amide bonds. The summed E-state index contributed by atoms with van der Waals surface area (Å²) in [5.74, 6) is 0.917. The summed E-state index contributed by atoms with van der Waals surface area (Å²) in [6.07, 6.45) is 7.67. The lowest BCUT2D eigenvalue weighted by atomic mass is 9.91. The molecule has 1 atom stereocenters. The first kappa shape index (κ1) is 21.4. The van der Waals surface area contributed by atoms with Gasteiger partial charge in [-0.3, -0.25) is 14.5 Å². The first-order valence-electron chi connectivity index (χ1n) is 11.6. The summed E-state index contributed by atoms with van der Waals surface area (Å²) in [6.45, 7) is 7.74. The van der Waals surface area contributed by atoms with Crippen LogP contribution in [0.5, 0.6) is 0 Å². The Morgan fingerprint density at radius 1 is 0.933 bits per heavy atom. The summed E-state index contributed by atoms with van der Waals surface area (Å²) in [7, 11) is 0. The number of hydrogen-bond acceptors (Lipinski definition) is 4. The smallest absolute Gasteiger partial charge is 0.251 e. The quantitative estimate of drug-likeness (QED) is 0.665. The molecule has 0 aromatic heterocycles. The van der Waals surface area contributed by atoms with E-state index in [2.05, 4.69) is 16.7 Å². The maximum absolute atomic E-state index is 13.2. The van der Waals surface area contributed by atoms with Crippen molar-refractivity contribution in [3.63, 3.8) is 0 Å². The highest BCUT2D eigenvalue weighted by Crippen LogP contribution is 2.30. The number of likely N-dealkylation sites (tertiary alicyclic amines) is 2. The Hall–Kier alpha value is -1.79. The van der Waals surface area contributed by atoms with Gasteiger partial charge in [0.2, 0.25) is 5.91 Å². The molecule has 30 heavy (non-hydrogen) atoms. The number of amides is 2. The number of carbonyl (C=O) groups is 2. The molecule has 3 saturated heterocycles. The van der Waals surface area contributed by atoms with Gasteiger partial charge in [0.05, 0.1) is 18.2 Å². The van der Waals surface area contributed by atoms with Crippen molar-refractivity contribution in [2.24, 2.45) is 11.8 Å². The van der Waals surface area contributed by atoms with Crippen LogP contribution in [0.1, 0.15) is 51.9 Å². The molecule has 3 fully saturated rings. The molecule has 4 rings (SSSR count). The van der Waals surface area contributed by atoms with E-state index in [1.54, 1.807) is 0 Å². The van der Waals surface area contributed by atoms with Crippen LogP contribution in [-0.4, -0.2) is 60.4 Å². The van der Waals surface area contributed by atoms with E-state index in [4.69, 9.17) is 0 Å². The number of halogens is 1. The molecule has 3 aliphatic heterocycles. The lowest BCUT2D eigenvalue weighted by molar-refractivity contribution is -0.123. The van der Waals surface area contributed by atoms with Crippen LogP contribution < -0.4 is 4.90 Å². The zero-order valence-electron chi connectivity index (χ0n) is 18.1. The Kier molecular flexibility index (Phi) is 6.84. The number of nitrogens with zero attached hydrogens (tertiary/aromatic N) is 3. The second-order valence-corrected chi connectivity index (χ2v) is 9.23. The molecular weight excluding hydrogens is 381 g/mol. The number of benzene rings is 1. The van der Waals surface area contributed by atoms with Crippen molar-refractivity contribution < 1.29 is 14.0 Å². The van der Waals surface area contributed by atoms with Crippen molar-refractivity contribution >= 4 is 17.5 Å². The summed E-state index contributed by atoms with van der Waals surface area (Å²) in [6, 6.07) is 5.22. The topological polar surface area (TPSA) is 43.9 Å². The molecule has 0 aliphatic carbocycles. The van der Waals surface area contributed by atoms with Crippen molar-refractivity contribution in [2.45, 2.75) is 57.9 Å². The van der Waals surface area contributed by atoms with Crippen molar-refractivity contribution in [1.82, 2.24) is 9.80 Å². The molecule has 164 valence electrons. The van der Waals surface area contributed by atoms with Crippen LogP contribution in [0.3, 0.4) is 0 Å². The maximum atomic E-state index is 13.2. The van der Waals surface area contributed by atoms with Crippen LogP contribution in [0.25, 0.3) is 0 Å². The summed E-state index contributed by atoms with van der Waals surface area (Å²) in [5, 5.41) is 0. The largest absolute Gasteiger partial charge is 0.303 e. The Balaban J connectivity index is 1.25. The molecule has 5 nitrogen and oxygen atoms in total. The van der Waals surface area contributed by atoms with E-state index < -0.39 is 0 Å². The molecule has 1 aromatic carbocycles. The van der Waals surface area contributed by atoms with Crippen molar-refractivity contribution in [3.05, 3.63) is 30.1 Å². The molecule has 0 saturated carbocycles. The van der Waals surface area contributed by atoms with E-state index >= 15 is 0 Å². The number of anilines is 1. The maximum Gasteiger partial charge on any atom is 0.251 e. The summed E-state index contributed by atoms with van der Waals surface area (Å²) >= 11 is 0. The van der Waals surface area contributed by atoms with E-state index in [-0.39, 0.29) is 30.1 Å². The van der Waals surface area contributed by atoms with Crippen LogP contribution in [0.4, 0.5) is 10.1 Å². The van der Waals surface area contributed by atoms with Crippen molar-refractivity contribution in [3.8, 4) is 0 Å². The summed E-state index contributed by atoms with van der Waals surface area (Å²) in [4.78, 5) is 31.5. The van der Waals surface area contributed by atoms with E-state index in [9.17, 15) is 14.0 Å². The molecule has 1 aromatic rings. The third-order valence-electron chi connectivity index (χ3n) is 7.44. The molecule has 3 aliphatic rings. The van der Waals surface area contributed by atoms with E-state index in [1.807, 2.05) is 0 Å². The summed E-state index contributed by atoms with van der Waals surface area (Å²) in [5.41, 5.74) is 0.468. The predicted octanol–water partition coefficient (Wildman–Crippen LogP) is 3.68. The molecule has 0 bridgehead atoms. The summed E-state index contributed by atoms with van der Waals surface area (Å²) < 4.78 is 13.2. The van der Waals surface area contributed by atoms with Crippen LogP contribution >= 0.6 is 0 Å². The van der Waals surface area contributed by atoms with Gasteiger partial charge in [0.1, 0.15) is 5.82 Å². The predicted molar refractivity (Wildman–Crippen MR) is 116 cm³/mol. The average Bonchev–Trinajstić information content (AvgIpc) is 3.07. The standard InChI is InChI=1S/C24H34FN3O2/c1-2-18-7-12-26(13-8-18)14-9-19-10-15-27(16-11-19)22-17-23(29)28(24(22)30)21-5-3-20(25)4-6-21/h3-6,18-19,22H,2,7-17H2,1H3/t22-/m0/s1. The average molecular weight is 416 g/mol. The molecule has 0 spiro atoms. The Bertz CT molecular complexity index is 737. The molecule has 6 heteroatoms.